The fourth-order valence-electron chi connectivity index (χ4n) is 3.81. The zero-order valence-electron chi connectivity index (χ0n) is 15.0. The molecular formula is C21H27N3O. The minimum Gasteiger partial charge on any atom is -0.508 e. The summed E-state index contributed by atoms with van der Waals surface area (Å²) in [5, 5.41) is 9.98. The van der Waals surface area contributed by atoms with E-state index in [0.717, 1.165) is 30.8 Å². The molecule has 2 aromatic rings. The molecule has 0 aliphatic carbocycles. The van der Waals surface area contributed by atoms with Gasteiger partial charge in [0.25, 0.3) is 0 Å². The summed E-state index contributed by atoms with van der Waals surface area (Å²) < 4.78 is 0. The molecule has 0 spiro atoms. The van der Waals surface area contributed by atoms with Crippen molar-refractivity contribution < 1.29 is 5.11 Å². The minimum absolute atomic E-state index is 0.0872. The van der Waals surface area contributed by atoms with E-state index in [1.165, 1.54) is 0 Å². The van der Waals surface area contributed by atoms with E-state index in [9.17, 15) is 5.11 Å². The predicted octanol–water partition coefficient (Wildman–Crippen LogP) is 3.46. The van der Waals surface area contributed by atoms with Crippen molar-refractivity contribution in [1.29, 1.82) is 0 Å². The number of phenolic OH excluding ortho intramolecular Hbond substituents is 1. The molecule has 132 valence electrons. The molecule has 25 heavy (non-hydrogen) atoms. The Hall–Kier alpha value is -2.17. The number of nitrogens with zero attached hydrogens (tertiary/aromatic N) is 3. The third-order valence-corrected chi connectivity index (χ3v) is 5.04. The van der Waals surface area contributed by atoms with Crippen LogP contribution in [0.3, 0.4) is 0 Å². The van der Waals surface area contributed by atoms with Crippen LogP contribution in [0.1, 0.15) is 31.0 Å². The zero-order valence-corrected chi connectivity index (χ0v) is 15.0. The number of piperazine rings is 1. The summed E-state index contributed by atoms with van der Waals surface area (Å²) >= 11 is 0. The Morgan fingerprint density at radius 3 is 2.68 bits per heavy atom. The van der Waals surface area contributed by atoms with E-state index in [0.29, 0.717) is 17.8 Å². The summed E-state index contributed by atoms with van der Waals surface area (Å²) in [4.78, 5) is 9.32. The van der Waals surface area contributed by atoms with E-state index in [-0.39, 0.29) is 6.04 Å². The number of phenols is 1. The van der Waals surface area contributed by atoms with Crippen LogP contribution in [0, 0.1) is 0 Å². The molecule has 4 nitrogen and oxygen atoms in total. The summed E-state index contributed by atoms with van der Waals surface area (Å²) in [6, 6.07) is 12.6. The first-order chi connectivity index (χ1) is 12.1. The number of pyridine rings is 1. The van der Waals surface area contributed by atoms with E-state index in [1.54, 1.807) is 12.3 Å². The molecule has 3 rings (SSSR count). The van der Waals surface area contributed by atoms with Gasteiger partial charge < -0.3 is 5.11 Å². The Kier molecular flexibility index (Phi) is 5.51. The topological polar surface area (TPSA) is 39.6 Å². The van der Waals surface area contributed by atoms with Crippen LogP contribution in [-0.4, -0.2) is 51.6 Å². The van der Waals surface area contributed by atoms with Crippen LogP contribution in [0.4, 0.5) is 0 Å². The van der Waals surface area contributed by atoms with Gasteiger partial charge in [-0.15, -0.1) is 6.58 Å². The smallest absolute Gasteiger partial charge is 0.115 e. The molecule has 1 fully saturated rings. The molecule has 3 atom stereocenters. The number of rotatable bonds is 5. The van der Waals surface area contributed by atoms with Gasteiger partial charge >= 0.3 is 0 Å². The van der Waals surface area contributed by atoms with Crippen molar-refractivity contribution >= 4 is 0 Å². The van der Waals surface area contributed by atoms with Crippen molar-refractivity contribution in [1.82, 2.24) is 14.8 Å². The van der Waals surface area contributed by atoms with Gasteiger partial charge in [-0.1, -0.05) is 24.3 Å². The standard InChI is InChI=1S/C21H27N3O/c1-4-11-23-14-17(3)24(15-16(23)2)21(19-8-6-10-22-13-19)18-7-5-9-20(25)12-18/h4-10,12-13,16-17,21,25H,1,11,14-15H2,2-3H3/t16-,17-,21+/m0/s1. The highest BCUT2D eigenvalue weighted by Gasteiger charge is 2.34. The quantitative estimate of drug-likeness (QED) is 0.848. The van der Waals surface area contributed by atoms with Gasteiger partial charge in [0.1, 0.15) is 5.75 Å². The summed E-state index contributed by atoms with van der Waals surface area (Å²) in [6.07, 6.45) is 5.71. The molecule has 2 heterocycles. The van der Waals surface area contributed by atoms with E-state index in [2.05, 4.69) is 47.3 Å². The Morgan fingerprint density at radius 1 is 1.20 bits per heavy atom. The van der Waals surface area contributed by atoms with Gasteiger partial charge in [0.15, 0.2) is 0 Å². The van der Waals surface area contributed by atoms with Crippen molar-refractivity contribution in [3.63, 3.8) is 0 Å². The number of aromatic nitrogens is 1. The van der Waals surface area contributed by atoms with Crippen LogP contribution >= 0.6 is 0 Å². The molecule has 4 heteroatoms. The maximum atomic E-state index is 9.98. The lowest BCUT2D eigenvalue weighted by atomic mass is 9.94. The fourth-order valence-corrected chi connectivity index (χ4v) is 3.81. The normalized spacial score (nSPS) is 23.3. The third kappa shape index (κ3) is 3.91. The number of hydrogen-bond acceptors (Lipinski definition) is 4. The average molecular weight is 337 g/mol. The molecule has 0 amide bonds. The van der Waals surface area contributed by atoms with Crippen LogP contribution in [-0.2, 0) is 0 Å². The lowest BCUT2D eigenvalue weighted by Crippen LogP contribution is -2.57. The zero-order chi connectivity index (χ0) is 17.8. The highest BCUT2D eigenvalue weighted by Crippen LogP contribution is 2.34. The highest BCUT2D eigenvalue weighted by molar-refractivity contribution is 5.35. The Bertz CT molecular complexity index is 703. The molecule has 1 N–H and O–H groups in total. The fraction of sp³-hybridized carbons (Fsp3) is 0.381. The van der Waals surface area contributed by atoms with Gasteiger partial charge in [-0.25, -0.2) is 0 Å². The van der Waals surface area contributed by atoms with E-state index < -0.39 is 0 Å². The summed E-state index contributed by atoms with van der Waals surface area (Å²) in [7, 11) is 0. The van der Waals surface area contributed by atoms with Gasteiger partial charge in [-0.2, -0.15) is 0 Å². The van der Waals surface area contributed by atoms with Crippen LogP contribution in [0.15, 0.2) is 61.4 Å². The van der Waals surface area contributed by atoms with Crippen molar-refractivity contribution in [3.8, 4) is 5.75 Å². The first-order valence-electron chi connectivity index (χ1n) is 8.89. The predicted molar refractivity (Wildman–Crippen MR) is 102 cm³/mol. The van der Waals surface area contributed by atoms with Crippen molar-refractivity contribution in [2.45, 2.75) is 32.0 Å². The van der Waals surface area contributed by atoms with Crippen LogP contribution < -0.4 is 0 Å². The monoisotopic (exact) mass is 337 g/mol. The molecule has 1 aromatic heterocycles. The molecule has 0 radical (unpaired) electrons. The maximum absolute atomic E-state index is 9.98. The van der Waals surface area contributed by atoms with Gasteiger partial charge in [0.2, 0.25) is 0 Å². The lowest BCUT2D eigenvalue weighted by Gasteiger charge is -2.47. The first kappa shape index (κ1) is 17.6. The maximum Gasteiger partial charge on any atom is 0.115 e. The van der Waals surface area contributed by atoms with Crippen LogP contribution in [0.5, 0.6) is 5.75 Å². The van der Waals surface area contributed by atoms with E-state index in [1.807, 2.05) is 30.5 Å². The lowest BCUT2D eigenvalue weighted by molar-refractivity contribution is 0.0305. The van der Waals surface area contributed by atoms with Gasteiger partial charge in [-0.3, -0.25) is 14.8 Å². The Balaban J connectivity index is 1.96. The minimum atomic E-state index is 0.0872. The number of benzene rings is 1. The van der Waals surface area contributed by atoms with Crippen molar-refractivity contribution in [2.24, 2.45) is 0 Å². The van der Waals surface area contributed by atoms with Crippen LogP contribution in [0.2, 0.25) is 0 Å². The molecule has 0 bridgehead atoms. The molecule has 0 unspecified atom stereocenters. The number of hydrogen-bond donors (Lipinski definition) is 1. The second-order valence-corrected chi connectivity index (χ2v) is 6.92. The summed E-state index contributed by atoms with van der Waals surface area (Å²) in [5.41, 5.74) is 2.26. The second-order valence-electron chi connectivity index (χ2n) is 6.92. The number of aromatic hydroxyl groups is 1. The molecule has 1 aliphatic rings. The second kappa shape index (κ2) is 7.81. The Labute approximate surface area is 150 Å². The molecule has 1 saturated heterocycles. The Morgan fingerprint density at radius 2 is 2.00 bits per heavy atom. The van der Waals surface area contributed by atoms with Gasteiger partial charge in [-0.05, 0) is 43.2 Å². The van der Waals surface area contributed by atoms with E-state index in [4.69, 9.17) is 0 Å². The first-order valence-corrected chi connectivity index (χ1v) is 8.89. The molecule has 1 aliphatic heterocycles. The van der Waals surface area contributed by atoms with Gasteiger partial charge in [0.05, 0.1) is 6.04 Å². The molecule has 1 aromatic carbocycles. The molecular weight excluding hydrogens is 310 g/mol. The van der Waals surface area contributed by atoms with Crippen LogP contribution in [0.25, 0.3) is 0 Å². The summed E-state index contributed by atoms with van der Waals surface area (Å²) in [6.45, 7) is 11.3. The average Bonchev–Trinajstić information content (AvgIpc) is 2.60. The molecule has 0 saturated carbocycles. The van der Waals surface area contributed by atoms with E-state index >= 15 is 0 Å². The van der Waals surface area contributed by atoms with Crippen molar-refractivity contribution in [3.05, 3.63) is 72.6 Å². The van der Waals surface area contributed by atoms with Gasteiger partial charge in [0, 0.05) is 44.1 Å². The highest BCUT2D eigenvalue weighted by atomic mass is 16.3. The SMILES string of the molecule is C=CCN1C[C@H](C)N([C@@H](c2cccnc2)c2cccc(O)c2)C[C@@H]1C. The largest absolute Gasteiger partial charge is 0.508 e. The summed E-state index contributed by atoms with van der Waals surface area (Å²) in [5.74, 6) is 0.303. The van der Waals surface area contributed by atoms with Crippen molar-refractivity contribution in [2.75, 3.05) is 19.6 Å². The third-order valence-electron chi connectivity index (χ3n) is 5.04.